The van der Waals surface area contributed by atoms with Crippen LogP contribution >= 0.6 is 0 Å². The first kappa shape index (κ1) is 24.6. The molecule has 1 aliphatic heterocycles. The molecule has 2 aromatic carbocycles. The lowest BCUT2D eigenvalue weighted by molar-refractivity contribution is -0.145. The van der Waals surface area contributed by atoms with Crippen molar-refractivity contribution in [2.75, 3.05) is 26.9 Å². The van der Waals surface area contributed by atoms with Crippen LogP contribution in [0.4, 0.5) is 4.79 Å². The molecule has 0 aromatic heterocycles. The van der Waals surface area contributed by atoms with Crippen LogP contribution in [0.5, 0.6) is 11.5 Å². The van der Waals surface area contributed by atoms with Crippen molar-refractivity contribution in [2.45, 2.75) is 26.8 Å². The number of carbonyl (C=O) groups excluding carboxylic acids is 3. The Kier molecular flexibility index (Phi) is 8.13. The zero-order valence-corrected chi connectivity index (χ0v) is 19.6. The van der Waals surface area contributed by atoms with Crippen molar-refractivity contribution in [3.05, 3.63) is 70.4 Å². The Morgan fingerprint density at radius 2 is 1.68 bits per heavy atom. The molecule has 0 aliphatic carbocycles. The molecule has 34 heavy (non-hydrogen) atoms. The summed E-state index contributed by atoms with van der Waals surface area (Å²) in [5.41, 5.74) is 3.08. The average molecular weight is 469 g/mol. The summed E-state index contributed by atoms with van der Waals surface area (Å²) in [7, 11) is 1.54. The first-order valence-corrected chi connectivity index (χ1v) is 10.8. The van der Waals surface area contributed by atoms with Gasteiger partial charge < -0.3 is 29.6 Å². The van der Waals surface area contributed by atoms with Crippen LogP contribution in [-0.4, -0.2) is 44.9 Å². The monoisotopic (exact) mass is 468 g/mol. The van der Waals surface area contributed by atoms with Crippen molar-refractivity contribution in [2.24, 2.45) is 0 Å². The Bertz CT molecular complexity index is 1090. The minimum atomic E-state index is -0.792. The van der Waals surface area contributed by atoms with E-state index in [1.165, 1.54) is 0 Å². The lowest BCUT2D eigenvalue weighted by Gasteiger charge is -2.29. The maximum atomic E-state index is 12.8. The molecule has 0 saturated carbocycles. The van der Waals surface area contributed by atoms with Crippen LogP contribution < -0.4 is 20.1 Å². The summed E-state index contributed by atoms with van der Waals surface area (Å²) >= 11 is 0. The molecule has 1 unspecified atom stereocenters. The van der Waals surface area contributed by atoms with E-state index < -0.39 is 24.0 Å². The van der Waals surface area contributed by atoms with Gasteiger partial charge in [-0.2, -0.15) is 0 Å². The first-order chi connectivity index (χ1) is 16.3. The van der Waals surface area contributed by atoms with Gasteiger partial charge in [0.15, 0.2) is 6.61 Å². The van der Waals surface area contributed by atoms with E-state index in [2.05, 4.69) is 10.6 Å². The standard InChI is InChI=1S/C25H28N2O7/c1-5-32-24(29)22-20(13-34-21(28)14-33-19-9-6-15(2)16(3)12-19)26-25(30)27-23(22)17-7-10-18(31-4)11-8-17/h6-12,23H,5,13-14H2,1-4H3,(H2,26,27,30). The number of methoxy groups -OCH3 is 1. The molecule has 1 heterocycles. The van der Waals surface area contributed by atoms with Crippen molar-refractivity contribution in [3.8, 4) is 11.5 Å². The van der Waals surface area contributed by atoms with Crippen LogP contribution in [-0.2, 0) is 19.1 Å². The highest BCUT2D eigenvalue weighted by Crippen LogP contribution is 2.29. The van der Waals surface area contributed by atoms with Gasteiger partial charge in [-0.25, -0.2) is 14.4 Å². The van der Waals surface area contributed by atoms with E-state index in [0.29, 0.717) is 17.1 Å². The Hall–Kier alpha value is -4.01. The molecule has 2 N–H and O–H groups in total. The summed E-state index contributed by atoms with van der Waals surface area (Å²) < 4.78 is 21.2. The molecule has 0 radical (unpaired) electrons. The number of aryl methyl sites for hydroxylation is 2. The Labute approximate surface area is 198 Å². The Morgan fingerprint density at radius 1 is 0.971 bits per heavy atom. The molecular formula is C25H28N2O7. The Balaban J connectivity index is 1.76. The highest BCUT2D eigenvalue weighted by atomic mass is 16.6. The summed E-state index contributed by atoms with van der Waals surface area (Å²) in [6, 6.07) is 11.1. The third-order valence-corrected chi connectivity index (χ3v) is 5.31. The van der Waals surface area contributed by atoms with E-state index in [0.717, 1.165) is 11.1 Å². The second-order valence-corrected chi connectivity index (χ2v) is 7.61. The lowest BCUT2D eigenvalue weighted by atomic mass is 9.95. The van der Waals surface area contributed by atoms with Crippen LogP contribution in [0.25, 0.3) is 0 Å². The number of urea groups is 1. The fourth-order valence-electron chi connectivity index (χ4n) is 3.37. The number of ether oxygens (including phenoxy) is 4. The van der Waals surface area contributed by atoms with Crippen LogP contribution in [0, 0.1) is 13.8 Å². The van der Waals surface area contributed by atoms with Crippen molar-refractivity contribution in [1.29, 1.82) is 0 Å². The molecule has 0 fully saturated rings. The fourth-order valence-corrected chi connectivity index (χ4v) is 3.37. The number of rotatable bonds is 9. The van der Waals surface area contributed by atoms with Gasteiger partial charge in [0.05, 0.1) is 31.0 Å². The molecule has 1 aliphatic rings. The highest BCUT2D eigenvalue weighted by molar-refractivity contribution is 5.95. The third kappa shape index (κ3) is 6.06. The van der Waals surface area contributed by atoms with E-state index >= 15 is 0 Å². The molecule has 0 saturated heterocycles. The Morgan fingerprint density at radius 3 is 2.32 bits per heavy atom. The predicted molar refractivity (Wildman–Crippen MR) is 123 cm³/mol. The van der Waals surface area contributed by atoms with E-state index in [1.54, 1.807) is 44.4 Å². The average Bonchev–Trinajstić information content (AvgIpc) is 2.83. The maximum absolute atomic E-state index is 12.8. The molecule has 180 valence electrons. The number of esters is 2. The van der Waals surface area contributed by atoms with Crippen LogP contribution in [0.1, 0.15) is 29.7 Å². The lowest BCUT2D eigenvalue weighted by Crippen LogP contribution is -2.47. The van der Waals surface area contributed by atoms with Gasteiger partial charge >= 0.3 is 18.0 Å². The normalized spacial score (nSPS) is 15.2. The van der Waals surface area contributed by atoms with Gasteiger partial charge in [0, 0.05) is 0 Å². The van der Waals surface area contributed by atoms with E-state index in [1.807, 2.05) is 26.0 Å². The number of hydrogen-bond donors (Lipinski definition) is 2. The van der Waals surface area contributed by atoms with Gasteiger partial charge in [-0.05, 0) is 61.7 Å². The van der Waals surface area contributed by atoms with Crippen LogP contribution in [0.15, 0.2) is 53.7 Å². The number of benzene rings is 2. The highest BCUT2D eigenvalue weighted by Gasteiger charge is 2.34. The molecule has 0 spiro atoms. The number of hydrogen-bond acceptors (Lipinski definition) is 7. The van der Waals surface area contributed by atoms with Gasteiger partial charge in [0.2, 0.25) is 0 Å². The van der Waals surface area contributed by atoms with Crippen molar-refractivity contribution in [3.63, 3.8) is 0 Å². The summed E-state index contributed by atoms with van der Waals surface area (Å²) in [5, 5.41) is 5.28. The number of carbonyl (C=O) groups is 3. The molecule has 2 amide bonds. The van der Waals surface area contributed by atoms with Gasteiger partial charge in [-0.15, -0.1) is 0 Å². The minimum absolute atomic E-state index is 0.141. The van der Waals surface area contributed by atoms with Crippen molar-refractivity contribution < 1.29 is 33.3 Å². The molecule has 3 rings (SSSR count). The topological polar surface area (TPSA) is 112 Å². The van der Waals surface area contributed by atoms with Gasteiger partial charge in [-0.1, -0.05) is 18.2 Å². The second kappa shape index (κ2) is 11.2. The number of amides is 2. The predicted octanol–water partition coefficient (Wildman–Crippen LogP) is 3.11. The van der Waals surface area contributed by atoms with Gasteiger partial charge in [-0.3, -0.25) is 0 Å². The quantitative estimate of drug-likeness (QED) is 0.544. The largest absolute Gasteiger partial charge is 0.497 e. The zero-order chi connectivity index (χ0) is 24.7. The van der Waals surface area contributed by atoms with Crippen LogP contribution in [0.2, 0.25) is 0 Å². The minimum Gasteiger partial charge on any atom is -0.497 e. The van der Waals surface area contributed by atoms with Gasteiger partial charge in [0.1, 0.15) is 18.1 Å². The van der Waals surface area contributed by atoms with E-state index in [4.69, 9.17) is 18.9 Å². The molecule has 1 atom stereocenters. The van der Waals surface area contributed by atoms with Crippen molar-refractivity contribution >= 4 is 18.0 Å². The smallest absolute Gasteiger partial charge is 0.344 e. The number of nitrogens with one attached hydrogen (secondary N) is 2. The molecule has 2 aromatic rings. The molecule has 9 heteroatoms. The molecular weight excluding hydrogens is 440 g/mol. The van der Waals surface area contributed by atoms with Gasteiger partial charge in [0.25, 0.3) is 0 Å². The summed E-state index contributed by atoms with van der Waals surface area (Å²) in [4.78, 5) is 37.4. The van der Waals surface area contributed by atoms with Crippen molar-refractivity contribution in [1.82, 2.24) is 10.6 Å². The maximum Gasteiger partial charge on any atom is 0.344 e. The molecule has 9 nitrogen and oxygen atoms in total. The molecule has 0 bridgehead atoms. The fraction of sp³-hybridized carbons (Fsp3) is 0.320. The van der Waals surface area contributed by atoms with Crippen LogP contribution in [0.3, 0.4) is 0 Å². The SMILES string of the molecule is CCOC(=O)C1=C(COC(=O)COc2ccc(C)c(C)c2)NC(=O)NC1c1ccc(OC)cc1. The van der Waals surface area contributed by atoms with E-state index in [9.17, 15) is 14.4 Å². The zero-order valence-electron chi connectivity index (χ0n) is 19.6. The van der Waals surface area contributed by atoms with E-state index in [-0.39, 0.29) is 31.1 Å². The second-order valence-electron chi connectivity index (χ2n) is 7.61. The summed E-state index contributed by atoms with van der Waals surface area (Å²) in [6.07, 6.45) is 0. The summed E-state index contributed by atoms with van der Waals surface area (Å²) in [6.45, 7) is 5.10. The third-order valence-electron chi connectivity index (χ3n) is 5.31. The summed E-state index contributed by atoms with van der Waals surface area (Å²) in [5.74, 6) is -0.110. The first-order valence-electron chi connectivity index (χ1n) is 10.8.